The highest BCUT2D eigenvalue weighted by Crippen LogP contribution is 2.27. The van der Waals surface area contributed by atoms with Crippen LogP contribution in [-0.4, -0.2) is 37.1 Å². The number of pyridine rings is 1. The van der Waals surface area contributed by atoms with Crippen LogP contribution in [0.5, 0.6) is 0 Å². The van der Waals surface area contributed by atoms with E-state index < -0.39 is 0 Å². The minimum atomic E-state index is -0.0423. The van der Waals surface area contributed by atoms with Gasteiger partial charge in [-0.3, -0.25) is 4.79 Å². The molecular formula is C24H30N3O2+. The molecule has 0 unspecified atom stereocenters. The summed E-state index contributed by atoms with van der Waals surface area (Å²) in [5.41, 5.74) is 2.26. The molecule has 0 radical (unpaired) electrons. The predicted octanol–water partition coefficient (Wildman–Crippen LogP) is 3.38. The van der Waals surface area contributed by atoms with E-state index in [1.807, 2.05) is 49.4 Å². The van der Waals surface area contributed by atoms with Gasteiger partial charge in [0.15, 0.2) is 5.76 Å². The molecule has 0 atom stereocenters. The largest absolute Gasteiger partial charge is 0.460 e. The van der Waals surface area contributed by atoms with Crippen LogP contribution in [0.1, 0.15) is 48.2 Å². The molecule has 5 nitrogen and oxygen atoms in total. The Morgan fingerprint density at radius 3 is 2.59 bits per heavy atom. The van der Waals surface area contributed by atoms with Crippen molar-refractivity contribution in [2.75, 3.05) is 20.6 Å². The lowest BCUT2D eigenvalue weighted by atomic mass is 9.80. The van der Waals surface area contributed by atoms with Gasteiger partial charge in [-0.1, -0.05) is 24.6 Å². The maximum Gasteiger partial charge on any atom is 0.252 e. The summed E-state index contributed by atoms with van der Waals surface area (Å²) < 4.78 is 5.76. The molecule has 4 rings (SSSR count). The highest BCUT2D eigenvalue weighted by Gasteiger charge is 2.38. The number of aryl methyl sites for hydroxylation is 1. The van der Waals surface area contributed by atoms with Gasteiger partial charge >= 0.3 is 0 Å². The number of nitrogens with zero attached hydrogens (tertiary/aromatic N) is 1. The second kappa shape index (κ2) is 7.99. The summed E-state index contributed by atoms with van der Waals surface area (Å²) in [6.45, 7) is 2.60. The van der Waals surface area contributed by atoms with Gasteiger partial charge in [0.1, 0.15) is 17.0 Å². The second-order valence-electron chi connectivity index (χ2n) is 8.51. The number of carbonyl (C=O) groups is 1. The molecule has 29 heavy (non-hydrogen) atoms. The quantitative estimate of drug-likeness (QED) is 0.700. The number of amides is 1. The monoisotopic (exact) mass is 392 g/mol. The maximum absolute atomic E-state index is 13.3. The smallest absolute Gasteiger partial charge is 0.252 e. The summed E-state index contributed by atoms with van der Waals surface area (Å²) in [5.74, 6) is 1.47. The number of fused-ring (bicyclic) bond motifs is 1. The normalized spacial score (nSPS) is 16.3. The van der Waals surface area contributed by atoms with Crippen molar-refractivity contribution in [2.24, 2.45) is 0 Å². The molecule has 0 saturated heterocycles. The first-order chi connectivity index (χ1) is 14.0. The van der Waals surface area contributed by atoms with Crippen LogP contribution in [0.25, 0.3) is 22.4 Å². The van der Waals surface area contributed by atoms with Crippen LogP contribution in [0.4, 0.5) is 0 Å². The fourth-order valence-corrected chi connectivity index (χ4v) is 4.49. The lowest BCUT2D eigenvalue weighted by Gasteiger charge is -2.39. The number of para-hydroxylation sites is 1. The molecule has 3 aromatic rings. The topological polar surface area (TPSA) is 59.6 Å². The molecule has 5 heteroatoms. The number of quaternary nitrogens is 1. The van der Waals surface area contributed by atoms with Crippen molar-refractivity contribution in [1.29, 1.82) is 0 Å². The van der Waals surface area contributed by atoms with Gasteiger partial charge < -0.3 is 14.6 Å². The summed E-state index contributed by atoms with van der Waals surface area (Å²) in [4.78, 5) is 19.4. The summed E-state index contributed by atoms with van der Waals surface area (Å²) in [7, 11) is 4.41. The number of nitrogens with one attached hydrogen (secondary N) is 2. The molecule has 0 bridgehead atoms. The Bertz CT molecular complexity index is 1020. The molecule has 0 spiro atoms. The van der Waals surface area contributed by atoms with Crippen molar-refractivity contribution in [3.8, 4) is 11.5 Å². The van der Waals surface area contributed by atoms with Crippen molar-refractivity contribution in [3.63, 3.8) is 0 Å². The Balaban J connectivity index is 1.66. The minimum Gasteiger partial charge on any atom is -0.460 e. The van der Waals surface area contributed by atoms with Crippen molar-refractivity contribution in [3.05, 3.63) is 53.8 Å². The first-order valence-corrected chi connectivity index (χ1v) is 10.5. The van der Waals surface area contributed by atoms with Gasteiger partial charge in [0.25, 0.3) is 5.91 Å². The number of hydrogen-bond donors (Lipinski definition) is 2. The molecule has 2 N–H and O–H groups in total. The SMILES string of the molecule is Cc1ccc(-c2cc(C(=O)NCC3([NH+](C)C)CCCCC3)c3ccccc3n2)o1. The summed E-state index contributed by atoms with van der Waals surface area (Å²) in [5, 5.41) is 4.12. The third-order valence-electron chi connectivity index (χ3n) is 6.41. The van der Waals surface area contributed by atoms with E-state index in [9.17, 15) is 4.79 Å². The van der Waals surface area contributed by atoms with Gasteiger partial charge in [-0.05, 0) is 44.0 Å². The zero-order chi connectivity index (χ0) is 20.4. The number of furan rings is 1. The molecule has 1 amide bonds. The van der Waals surface area contributed by atoms with E-state index in [0.717, 1.165) is 29.5 Å². The van der Waals surface area contributed by atoms with E-state index in [1.54, 1.807) is 0 Å². The van der Waals surface area contributed by atoms with Gasteiger partial charge in [-0.25, -0.2) is 4.98 Å². The van der Waals surface area contributed by atoms with Crippen molar-refractivity contribution in [1.82, 2.24) is 10.3 Å². The highest BCUT2D eigenvalue weighted by atomic mass is 16.3. The van der Waals surface area contributed by atoms with Crippen LogP contribution in [-0.2, 0) is 0 Å². The van der Waals surface area contributed by atoms with Crippen molar-refractivity contribution >= 4 is 16.8 Å². The molecule has 1 saturated carbocycles. The molecule has 1 fully saturated rings. The average molecular weight is 393 g/mol. The van der Waals surface area contributed by atoms with Crippen molar-refractivity contribution < 1.29 is 14.1 Å². The van der Waals surface area contributed by atoms with E-state index in [4.69, 9.17) is 9.40 Å². The Labute approximate surface area is 172 Å². The van der Waals surface area contributed by atoms with E-state index in [-0.39, 0.29) is 11.4 Å². The maximum atomic E-state index is 13.3. The first kappa shape index (κ1) is 19.6. The number of rotatable bonds is 5. The molecule has 1 aliphatic rings. The van der Waals surface area contributed by atoms with Crippen LogP contribution in [0.15, 0.2) is 46.9 Å². The van der Waals surface area contributed by atoms with Crippen LogP contribution < -0.4 is 10.2 Å². The lowest BCUT2D eigenvalue weighted by molar-refractivity contribution is -0.916. The summed E-state index contributed by atoms with van der Waals surface area (Å²) in [6.07, 6.45) is 6.08. The van der Waals surface area contributed by atoms with E-state index in [1.165, 1.54) is 24.2 Å². The number of hydrogen-bond acceptors (Lipinski definition) is 3. The van der Waals surface area contributed by atoms with E-state index in [0.29, 0.717) is 23.6 Å². The lowest BCUT2D eigenvalue weighted by Crippen LogP contribution is -3.16. The highest BCUT2D eigenvalue weighted by molar-refractivity contribution is 6.07. The minimum absolute atomic E-state index is 0.0423. The second-order valence-corrected chi connectivity index (χ2v) is 8.51. The molecular weight excluding hydrogens is 362 g/mol. The van der Waals surface area contributed by atoms with Crippen LogP contribution >= 0.6 is 0 Å². The Morgan fingerprint density at radius 2 is 1.90 bits per heavy atom. The number of carbonyl (C=O) groups excluding carboxylic acids is 1. The van der Waals surface area contributed by atoms with Crippen LogP contribution in [0, 0.1) is 6.92 Å². The first-order valence-electron chi connectivity index (χ1n) is 10.5. The van der Waals surface area contributed by atoms with Crippen LogP contribution in [0.3, 0.4) is 0 Å². The Hall–Kier alpha value is -2.66. The molecule has 0 aliphatic heterocycles. The fourth-order valence-electron chi connectivity index (χ4n) is 4.49. The number of likely N-dealkylation sites (N-methyl/N-ethyl adjacent to an activating group) is 1. The Kier molecular flexibility index (Phi) is 5.41. The van der Waals surface area contributed by atoms with Gasteiger partial charge in [0, 0.05) is 18.2 Å². The van der Waals surface area contributed by atoms with E-state index in [2.05, 4.69) is 19.4 Å². The Morgan fingerprint density at radius 1 is 1.14 bits per heavy atom. The molecule has 1 aromatic carbocycles. The number of benzene rings is 1. The standard InChI is InChI=1S/C24H29N3O2/c1-17-11-12-22(29-17)21-15-19(18-9-5-6-10-20(18)26-21)23(28)25-16-24(27(2)3)13-7-4-8-14-24/h5-6,9-12,15H,4,7-8,13-14,16H2,1-3H3,(H,25,28)/p+1. The van der Waals surface area contributed by atoms with E-state index >= 15 is 0 Å². The third-order valence-corrected chi connectivity index (χ3v) is 6.41. The third kappa shape index (κ3) is 3.92. The number of aromatic nitrogens is 1. The van der Waals surface area contributed by atoms with Gasteiger partial charge in [-0.15, -0.1) is 0 Å². The van der Waals surface area contributed by atoms with Gasteiger partial charge in [0.2, 0.25) is 0 Å². The van der Waals surface area contributed by atoms with Crippen molar-refractivity contribution in [2.45, 2.75) is 44.6 Å². The average Bonchev–Trinajstić information content (AvgIpc) is 3.18. The zero-order valence-electron chi connectivity index (χ0n) is 17.5. The fraction of sp³-hybridized carbons (Fsp3) is 0.417. The molecule has 1 aliphatic carbocycles. The molecule has 152 valence electrons. The van der Waals surface area contributed by atoms with Gasteiger partial charge in [-0.2, -0.15) is 0 Å². The summed E-state index contributed by atoms with van der Waals surface area (Å²) >= 11 is 0. The predicted molar refractivity (Wildman–Crippen MR) is 115 cm³/mol. The zero-order valence-corrected chi connectivity index (χ0v) is 17.5. The summed E-state index contributed by atoms with van der Waals surface area (Å²) in [6, 6.07) is 13.5. The molecule has 2 heterocycles. The molecule has 2 aromatic heterocycles. The van der Waals surface area contributed by atoms with Crippen LogP contribution in [0.2, 0.25) is 0 Å². The van der Waals surface area contributed by atoms with Gasteiger partial charge in [0.05, 0.1) is 31.7 Å².